The molecule has 0 bridgehead atoms. The Hall–Kier alpha value is -2.45. The Labute approximate surface area is 176 Å². The van der Waals surface area contributed by atoms with E-state index in [1.807, 2.05) is 23.1 Å². The number of hydrogen-bond donors (Lipinski definition) is 0. The van der Waals surface area contributed by atoms with Crippen molar-refractivity contribution in [2.75, 3.05) is 31.6 Å². The summed E-state index contributed by atoms with van der Waals surface area (Å²) < 4.78 is 45.4. The maximum absolute atomic E-state index is 13.2. The minimum atomic E-state index is -3.68. The lowest BCUT2D eigenvalue weighted by molar-refractivity contribution is -0.123. The predicted octanol–water partition coefficient (Wildman–Crippen LogP) is 3.21. The molecule has 1 saturated heterocycles. The molecule has 0 spiro atoms. The minimum Gasteiger partial charge on any atom is -0.497 e. The molecule has 0 unspecified atom stereocenters. The van der Waals surface area contributed by atoms with Gasteiger partial charge in [-0.2, -0.15) is 4.31 Å². The van der Waals surface area contributed by atoms with Crippen LogP contribution in [0.3, 0.4) is 0 Å². The summed E-state index contributed by atoms with van der Waals surface area (Å²) in [5, 5.41) is 0. The average Bonchev–Trinajstić information content (AvgIpc) is 2.78. The van der Waals surface area contributed by atoms with Gasteiger partial charge in [0.05, 0.1) is 12.0 Å². The van der Waals surface area contributed by atoms with E-state index in [0.29, 0.717) is 19.4 Å². The minimum absolute atomic E-state index is 0.0555. The number of hydrogen-bond acceptors (Lipinski definition) is 4. The third-order valence-corrected chi connectivity index (χ3v) is 7.84. The number of carbonyl (C=O) groups is 1. The number of ether oxygens (including phenoxy) is 1. The summed E-state index contributed by atoms with van der Waals surface area (Å²) in [6, 6.07) is 10.6. The molecule has 0 aliphatic carbocycles. The summed E-state index contributed by atoms with van der Waals surface area (Å²) in [6.07, 6.45) is 2.75. The zero-order valence-corrected chi connectivity index (χ0v) is 17.7. The zero-order valence-electron chi connectivity index (χ0n) is 16.9. The maximum Gasteiger partial charge on any atom is 0.243 e. The Balaban J connectivity index is 1.45. The second-order valence-electron chi connectivity index (χ2n) is 7.72. The van der Waals surface area contributed by atoms with Gasteiger partial charge in [0.15, 0.2) is 0 Å². The summed E-state index contributed by atoms with van der Waals surface area (Å²) in [4.78, 5) is 15.1. The summed E-state index contributed by atoms with van der Waals surface area (Å²) in [5.74, 6) is 0.151. The van der Waals surface area contributed by atoms with Gasteiger partial charge in [0.2, 0.25) is 15.9 Å². The fraction of sp³-hybridized carbons (Fsp3) is 0.409. The fourth-order valence-electron chi connectivity index (χ4n) is 4.25. The lowest BCUT2D eigenvalue weighted by Crippen LogP contribution is -2.45. The normalized spacial score (nSPS) is 18.1. The van der Waals surface area contributed by atoms with E-state index in [1.165, 1.54) is 16.4 Å². The lowest BCUT2D eigenvalue weighted by Gasteiger charge is -2.36. The number of methoxy groups -OCH3 is 1. The van der Waals surface area contributed by atoms with Gasteiger partial charge in [0.25, 0.3) is 0 Å². The topological polar surface area (TPSA) is 66.9 Å². The van der Waals surface area contributed by atoms with Crippen molar-refractivity contribution in [3.63, 3.8) is 0 Å². The van der Waals surface area contributed by atoms with Crippen LogP contribution in [-0.2, 0) is 21.2 Å². The number of nitrogens with zero attached hydrogens (tertiary/aromatic N) is 2. The molecule has 2 heterocycles. The monoisotopic (exact) mass is 432 g/mol. The molecule has 160 valence electrons. The molecular weight excluding hydrogens is 407 g/mol. The molecule has 2 aromatic rings. The summed E-state index contributed by atoms with van der Waals surface area (Å²) in [7, 11) is -2.06. The quantitative estimate of drug-likeness (QED) is 0.744. The molecule has 0 aromatic heterocycles. The Kier molecular flexibility index (Phi) is 5.79. The first-order chi connectivity index (χ1) is 14.4. The fourth-order valence-corrected chi connectivity index (χ4v) is 5.72. The zero-order chi connectivity index (χ0) is 21.3. The molecule has 2 aromatic carbocycles. The first-order valence-electron chi connectivity index (χ1n) is 10.1. The molecule has 8 heteroatoms. The molecule has 0 radical (unpaired) electrons. The van der Waals surface area contributed by atoms with Gasteiger partial charge in [-0.05, 0) is 73.7 Å². The Morgan fingerprint density at radius 3 is 2.43 bits per heavy atom. The first kappa shape index (κ1) is 20.8. The molecule has 0 saturated carbocycles. The third-order valence-electron chi connectivity index (χ3n) is 5.93. The summed E-state index contributed by atoms with van der Waals surface area (Å²) >= 11 is 0. The largest absolute Gasteiger partial charge is 0.497 e. The Bertz CT molecular complexity index is 1030. The van der Waals surface area contributed by atoms with E-state index >= 15 is 0 Å². The van der Waals surface area contributed by atoms with E-state index in [1.54, 1.807) is 7.11 Å². The highest BCUT2D eigenvalue weighted by Gasteiger charge is 2.35. The highest BCUT2D eigenvalue weighted by Crippen LogP contribution is 2.33. The van der Waals surface area contributed by atoms with Gasteiger partial charge in [0.1, 0.15) is 11.6 Å². The van der Waals surface area contributed by atoms with Crippen LogP contribution in [0.15, 0.2) is 47.4 Å². The molecule has 1 fully saturated rings. The van der Waals surface area contributed by atoms with E-state index in [9.17, 15) is 17.6 Å². The molecule has 30 heavy (non-hydrogen) atoms. The van der Waals surface area contributed by atoms with Gasteiger partial charge in [-0.25, -0.2) is 12.8 Å². The number of fused-ring (bicyclic) bond motifs is 1. The van der Waals surface area contributed by atoms with E-state index in [4.69, 9.17) is 4.74 Å². The predicted molar refractivity (Wildman–Crippen MR) is 112 cm³/mol. The second kappa shape index (κ2) is 8.35. The first-order valence-corrected chi connectivity index (χ1v) is 11.6. The van der Waals surface area contributed by atoms with E-state index in [-0.39, 0.29) is 29.8 Å². The van der Waals surface area contributed by atoms with Crippen molar-refractivity contribution < 1.29 is 22.3 Å². The van der Waals surface area contributed by atoms with Crippen LogP contribution in [0.4, 0.5) is 10.1 Å². The van der Waals surface area contributed by atoms with Crippen molar-refractivity contribution >= 4 is 21.6 Å². The molecule has 0 atom stereocenters. The number of carbonyl (C=O) groups excluding carboxylic acids is 1. The number of piperidine rings is 1. The van der Waals surface area contributed by atoms with Gasteiger partial charge in [-0.15, -0.1) is 0 Å². The van der Waals surface area contributed by atoms with Gasteiger partial charge >= 0.3 is 0 Å². The molecule has 1 amide bonds. The van der Waals surface area contributed by atoms with Gasteiger partial charge in [-0.3, -0.25) is 4.79 Å². The molecular formula is C22H25FN2O4S. The number of benzene rings is 2. The standard InChI is InChI=1S/C22H25FN2O4S/c1-29-19-6-9-21-17(15-19)3-2-12-25(21)22(26)16-10-13-24(14-11-16)30(27,28)20-7-4-18(23)5-8-20/h4-9,15-16H,2-3,10-14H2,1H3. The lowest BCUT2D eigenvalue weighted by atomic mass is 9.94. The number of aryl methyl sites for hydroxylation is 1. The second-order valence-corrected chi connectivity index (χ2v) is 9.66. The summed E-state index contributed by atoms with van der Waals surface area (Å²) in [5.41, 5.74) is 2.03. The molecule has 2 aliphatic rings. The SMILES string of the molecule is COc1ccc2c(c1)CCCN2C(=O)C1CCN(S(=O)(=O)c2ccc(F)cc2)CC1. The smallest absolute Gasteiger partial charge is 0.243 e. The van der Waals surface area contributed by atoms with Crippen molar-refractivity contribution in [1.29, 1.82) is 0 Å². The van der Waals surface area contributed by atoms with E-state index in [2.05, 4.69) is 0 Å². The van der Waals surface area contributed by atoms with Gasteiger partial charge in [0, 0.05) is 31.2 Å². The van der Waals surface area contributed by atoms with Crippen molar-refractivity contribution in [2.45, 2.75) is 30.6 Å². The van der Waals surface area contributed by atoms with Crippen LogP contribution in [0.2, 0.25) is 0 Å². The van der Waals surface area contributed by atoms with Crippen molar-refractivity contribution in [1.82, 2.24) is 4.31 Å². The van der Waals surface area contributed by atoms with Crippen LogP contribution in [0.1, 0.15) is 24.8 Å². The van der Waals surface area contributed by atoms with Crippen LogP contribution < -0.4 is 9.64 Å². The van der Waals surface area contributed by atoms with Crippen LogP contribution in [0.25, 0.3) is 0 Å². The van der Waals surface area contributed by atoms with E-state index in [0.717, 1.165) is 42.0 Å². The summed E-state index contributed by atoms with van der Waals surface area (Å²) in [6.45, 7) is 1.23. The molecule has 2 aliphatic heterocycles. The van der Waals surface area contributed by atoms with Crippen LogP contribution in [-0.4, -0.2) is 45.4 Å². The Morgan fingerprint density at radius 1 is 1.07 bits per heavy atom. The van der Waals surface area contributed by atoms with Crippen LogP contribution >= 0.6 is 0 Å². The van der Waals surface area contributed by atoms with E-state index < -0.39 is 15.8 Å². The van der Waals surface area contributed by atoms with Crippen molar-refractivity contribution in [3.05, 3.63) is 53.8 Å². The highest BCUT2D eigenvalue weighted by atomic mass is 32.2. The molecule has 4 rings (SSSR count). The number of amides is 1. The van der Waals surface area contributed by atoms with Crippen molar-refractivity contribution in [3.8, 4) is 5.75 Å². The molecule has 6 nitrogen and oxygen atoms in total. The van der Waals surface area contributed by atoms with Crippen molar-refractivity contribution in [2.24, 2.45) is 5.92 Å². The molecule has 0 N–H and O–H groups in total. The van der Waals surface area contributed by atoms with Gasteiger partial charge < -0.3 is 9.64 Å². The number of sulfonamides is 1. The van der Waals surface area contributed by atoms with Crippen LogP contribution in [0.5, 0.6) is 5.75 Å². The van der Waals surface area contributed by atoms with Gasteiger partial charge in [-0.1, -0.05) is 0 Å². The Morgan fingerprint density at radius 2 is 1.77 bits per heavy atom. The number of anilines is 1. The maximum atomic E-state index is 13.2. The number of halogens is 1. The van der Waals surface area contributed by atoms with Crippen LogP contribution in [0, 0.1) is 11.7 Å². The average molecular weight is 433 g/mol. The highest BCUT2D eigenvalue weighted by molar-refractivity contribution is 7.89. The number of rotatable bonds is 4. The third kappa shape index (κ3) is 3.94.